The molecule has 0 radical (unpaired) electrons. The topological polar surface area (TPSA) is 170 Å². The van der Waals surface area contributed by atoms with E-state index in [1.807, 2.05) is 0 Å². The molecule has 0 amide bonds. The summed E-state index contributed by atoms with van der Waals surface area (Å²) in [5.41, 5.74) is -0.394. The fraction of sp³-hybridized carbons (Fsp3) is 0.312. The summed E-state index contributed by atoms with van der Waals surface area (Å²) in [5.74, 6) is -5.27. The third-order valence-electron chi connectivity index (χ3n) is 7.33. The molecule has 0 aliphatic heterocycles. The number of rotatable bonds is 10. The Morgan fingerprint density at radius 3 is 1.18 bits per heavy atom. The molecular weight excluding hydrogens is 683 g/mol. The standard InChI is InChI=1S/C32H34F2N6O7S2/c1-17(2)25-23(27(19-9-13-21(33)14-10-19)37-31(35-25)39(5)48(7,43)44)29(41)47-30(42)24-26(18(3)4)36-32(40(6)49(8,45)46)38-28(24)20-11-15-22(34)16-12-20/h9-18H,1-8H3. The van der Waals surface area contributed by atoms with Crippen molar-refractivity contribution in [1.29, 1.82) is 0 Å². The van der Waals surface area contributed by atoms with E-state index in [-0.39, 0.29) is 56.9 Å². The minimum atomic E-state index is -3.86. The average Bonchev–Trinajstić information content (AvgIpc) is 3.02. The molecule has 0 saturated carbocycles. The van der Waals surface area contributed by atoms with Gasteiger partial charge in [-0.3, -0.25) is 0 Å². The number of hydrogen-bond donors (Lipinski definition) is 0. The van der Waals surface area contributed by atoms with E-state index in [1.165, 1.54) is 38.4 Å². The fourth-order valence-corrected chi connectivity index (χ4v) is 5.32. The van der Waals surface area contributed by atoms with Crippen LogP contribution in [-0.2, 0) is 24.8 Å². The molecule has 2 aromatic carbocycles. The molecule has 2 heterocycles. The Morgan fingerprint density at radius 1 is 0.612 bits per heavy atom. The van der Waals surface area contributed by atoms with Crippen LogP contribution in [0.25, 0.3) is 22.5 Å². The van der Waals surface area contributed by atoms with Crippen LogP contribution in [0.15, 0.2) is 48.5 Å². The third kappa shape index (κ3) is 8.05. The van der Waals surface area contributed by atoms with Crippen LogP contribution in [0.1, 0.15) is 71.6 Å². The van der Waals surface area contributed by atoms with Crippen LogP contribution in [0.2, 0.25) is 0 Å². The van der Waals surface area contributed by atoms with E-state index in [2.05, 4.69) is 19.9 Å². The number of carbonyl (C=O) groups is 2. The molecule has 0 N–H and O–H groups in total. The Morgan fingerprint density at radius 2 is 0.918 bits per heavy atom. The lowest BCUT2D eigenvalue weighted by atomic mass is 9.97. The van der Waals surface area contributed by atoms with Crippen molar-refractivity contribution in [2.24, 2.45) is 0 Å². The zero-order chi connectivity index (χ0) is 36.6. The fourth-order valence-electron chi connectivity index (χ4n) is 4.57. The molecule has 0 aliphatic carbocycles. The van der Waals surface area contributed by atoms with Gasteiger partial charge in [0.1, 0.15) is 22.8 Å². The van der Waals surface area contributed by atoms with E-state index in [0.717, 1.165) is 45.4 Å². The first-order valence-electron chi connectivity index (χ1n) is 14.7. The van der Waals surface area contributed by atoms with Gasteiger partial charge in [0.2, 0.25) is 31.9 Å². The van der Waals surface area contributed by atoms with Crippen LogP contribution in [0.5, 0.6) is 0 Å². The summed E-state index contributed by atoms with van der Waals surface area (Å²) < 4.78 is 84.5. The lowest BCUT2D eigenvalue weighted by molar-refractivity contribution is 0.0395. The molecule has 4 rings (SSSR count). The van der Waals surface area contributed by atoms with Crippen molar-refractivity contribution in [2.45, 2.75) is 39.5 Å². The van der Waals surface area contributed by atoms with Crippen molar-refractivity contribution in [2.75, 3.05) is 35.2 Å². The SMILES string of the molecule is CC(C)c1nc(N(C)S(C)(=O)=O)nc(-c2ccc(F)cc2)c1C(=O)OC(=O)c1c(-c2ccc(F)cc2)nc(N(C)S(C)(=O)=O)nc1C(C)C. The summed E-state index contributed by atoms with van der Waals surface area (Å²) >= 11 is 0. The Bertz CT molecular complexity index is 1990. The Balaban J connectivity index is 1.96. The number of halogens is 2. The number of benzene rings is 2. The number of anilines is 2. The van der Waals surface area contributed by atoms with Gasteiger partial charge in [-0.05, 0) is 60.4 Å². The number of sulfonamides is 2. The molecule has 13 nitrogen and oxygen atoms in total. The van der Waals surface area contributed by atoms with Crippen molar-refractivity contribution >= 4 is 43.9 Å². The van der Waals surface area contributed by atoms with Gasteiger partial charge in [0, 0.05) is 25.2 Å². The molecule has 0 aliphatic rings. The summed E-state index contributed by atoms with van der Waals surface area (Å²) in [6.07, 6.45) is 1.88. The van der Waals surface area contributed by atoms with Crippen LogP contribution in [0.4, 0.5) is 20.7 Å². The number of esters is 2. The normalized spacial score (nSPS) is 11.9. The van der Waals surface area contributed by atoms with Gasteiger partial charge >= 0.3 is 11.9 Å². The highest BCUT2D eigenvalue weighted by atomic mass is 32.2. The number of nitrogens with zero attached hydrogens (tertiary/aromatic N) is 6. The van der Waals surface area contributed by atoms with Gasteiger partial charge in [-0.25, -0.2) is 63.8 Å². The number of hydrogen-bond acceptors (Lipinski definition) is 11. The second-order valence-corrected chi connectivity index (χ2v) is 15.8. The highest BCUT2D eigenvalue weighted by Crippen LogP contribution is 2.34. The summed E-state index contributed by atoms with van der Waals surface area (Å²) in [7, 11) is -5.27. The van der Waals surface area contributed by atoms with Crippen LogP contribution in [0.3, 0.4) is 0 Å². The van der Waals surface area contributed by atoms with Crippen LogP contribution < -0.4 is 8.61 Å². The van der Waals surface area contributed by atoms with Gasteiger partial charge in [-0.1, -0.05) is 27.7 Å². The smallest absolute Gasteiger partial charge is 0.350 e. The molecule has 4 aromatic rings. The molecule has 0 spiro atoms. The zero-order valence-corrected chi connectivity index (χ0v) is 29.5. The second kappa shape index (κ2) is 13.9. The van der Waals surface area contributed by atoms with Crippen molar-refractivity contribution < 1.29 is 39.9 Å². The molecule has 0 bridgehead atoms. The first-order chi connectivity index (χ1) is 22.7. The minimum Gasteiger partial charge on any atom is -0.385 e. The first-order valence-corrected chi connectivity index (χ1v) is 18.4. The molecule has 17 heteroatoms. The molecule has 0 saturated heterocycles. The maximum atomic E-state index is 14.1. The van der Waals surface area contributed by atoms with Gasteiger partial charge < -0.3 is 4.74 Å². The summed E-state index contributed by atoms with van der Waals surface area (Å²) in [6, 6.07) is 9.73. The van der Waals surface area contributed by atoms with Gasteiger partial charge in [-0.2, -0.15) is 0 Å². The van der Waals surface area contributed by atoms with Crippen molar-refractivity contribution in [1.82, 2.24) is 19.9 Å². The molecule has 260 valence electrons. The van der Waals surface area contributed by atoms with E-state index in [1.54, 1.807) is 27.7 Å². The second-order valence-electron chi connectivity index (χ2n) is 11.7. The zero-order valence-electron chi connectivity index (χ0n) is 27.9. The van der Waals surface area contributed by atoms with Crippen molar-refractivity contribution in [3.8, 4) is 22.5 Å². The number of aromatic nitrogens is 4. The largest absolute Gasteiger partial charge is 0.385 e. The molecule has 0 unspecified atom stereocenters. The highest BCUT2D eigenvalue weighted by Gasteiger charge is 2.33. The Hall–Kier alpha value is -4.90. The monoisotopic (exact) mass is 716 g/mol. The summed E-state index contributed by atoms with van der Waals surface area (Å²) in [4.78, 5) is 45.5. The van der Waals surface area contributed by atoms with E-state index < -0.39 is 55.5 Å². The highest BCUT2D eigenvalue weighted by molar-refractivity contribution is 7.92. The van der Waals surface area contributed by atoms with Crippen molar-refractivity contribution in [3.63, 3.8) is 0 Å². The summed E-state index contributed by atoms with van der Waals surface area (Å²) in [6.45, 7) is 6.70. The van der Waals surface area contributed by atoms with Crippen LogP contribution >= 0.6 is 0 Å². The Kier molecular flexibility index (Phi) is 10.5. The van der Waals surface area contributed by atoms with E-state index in [0.29, 0.717) is 0 Å². The Labute approximate surface area is 283 Å². The number of carbonyl (C=O) groups excluding carboxylic acids is 2. The van der Waals surface area contributed by atoms with Gasteiger partial charge in [0.05, 0.1) is 35.3 Å². The maximum Gasteiger partial charge on any atom is 0.350 e. The number of ether oxygens (including phenoxy) is 1. The molecular formula is C32H34F2N6O7S2. The third-order valence-corrected chi connectivity index (χ3v) is 9.65. The molecule has 0 atom stereocenters. The maximum absolute atomic E-state index is 14.1. The lowest BCUT2D eigenvalue weighted by Gasteiger charge is -2.22. The minimum absolute atomic E-state index is 0.0295. The van der Waals surface area contributed by atoms with Gasteiger partial charge in [-0.15, -0.1) is 0 Å². The van der Waals surface area contributed by atoms with Gasteiger partial charge in [0.25, 0.3) is 0 Å². The molecule has 49 heavy (non-hydrogen) atoms. The first kappa shape index (κ1) is 36.9. The van der Waals surface area contributed by atoms with E-state index in [9.17, 15) is 35.2 Å². The molecule has 0 fully saturated rings. The quantitative estimate of drug-likeness (QED) is 0.161. The van der Waals surface area contributed by atoms with Crippen molar-refractivity contribution in [3.05, 3.63) is 82.7 Å². The van der Waals surface area contributed by atoms with E-state index in [4.69, 9.17) is 4.74 Å². The van der Waals surface area contributed by atoms with Crippen LogP contribution in [-0.4, -0.2) is 75.3 Å². The molecule has 2 aromatic heterocycles. The average molecular weight is 717 g/mol. The van der Waals surface area contributed by atoms with Gasteiger partial charge in [0.15, 0.2) is 0 Å². The summed E-state index contributed by atoms with van der Waals surface area (Å²) in [5, 5.41) is 0. The predicted molar refractivity (Wildman–Crippen MR) is 179 cm³/mol. The lowest BCUT2D eigenvalue weighted by Crippen LogP contribution is -2.29. The predicted octanol–water partition coefficient (Wildman–Crippen LogP) is 4.91. The van der Waals surface area contributed by atoms with E-state index >= 15 is 0 Å². The van der Waals surface area contributed by atoms with Crippen LogP contribution in [0, 0.1) is 11.6 Å².